The molecule has 23 heavy (non-hydrogen) atoms. The normalized spacial score (nSPS) is 34.9. The van der Waals surface area contributed by atoms with Crippen molar-refractivity contribution >= 4 is 10.9 Å². The standard InChI is InChI=1S/C18H25NO4/c1-4-11-7-12-5-6-19-14(12)8-13(11)18(3)10(2)16(21)17(22)15(9-20)23-18/h5-8,10,15-17,19-22H,4,9H2,1-3H3/t10-,15-,16-,17-,18-/m1/s1. The number of H-pyrrole nitrogens is 1. The molecule has 0 amide bonds. The maximum Gasteiger partial charge on any atom is 0.110 e. The van der Waals surface area contributed by atoms with Crippen LogP contribution in [-0.2, 0) is 16.8 Å². The fraction of sp³-hybridized carbons (Fsp3) is 0.556. The molecule has 2 aromatic rings. The van der Waals surface area contributed by atoms with Crippen LogP contribution in [0.3, 0.4) is 0 Å². The molecular weight excluding hydrogens is 294 g/mol. The average molecular weight is 319 g/mol. The molecule has 0 radical (unpaired) electrons. The molecule has 0 bridgehead atoms. The molecule has 5 nitrogen and oxygen atoms in total. The number of aromatic nitrogens is 1. The number of aliphatic hydroxyl groups is 3. The second kappa shape index (κ2) is 5.91. The van der Waals surface area contributed by atoms with E-state index in [2.05, 4.69) is 24.0 Å². The first-order valence-electron chi connectivity index (χ1n) is 8.17. The lowest BCUT2D eigenvalue weighted by molar-refractivity contribution is -0.250. The van der Waals surface area contributed by atoms with Gasteiger partial charge in [0.05, 0.1) is 18.3 Å². The van der Waals surface area contributed by atoms with Gasteiger partial charge in [-0.3, -0.25) is 0 Å². The number of nitrogens with one attached hydrogen (secondary N) is 1. The van der Waals surface area contributed by atoms with E-state index in [1.165, 1.54) is 0 Å². The second-order valence-electron chi connectivity index (χ2n) is 6.64. The SMILES string of the molecule is CCc1cc2cc[nH]c2cc1[C@]1(C)O[C@H](CO)[C@@H](O)[C@H](O)[C@H]1C. The Labute approximate surface area is 135 Å². The smallest absolute Gasteiger partial charge is 0.110 e. The largest absolute Gasteiger partial charge is 0.394 e. The summed E-state index contributed by atoms with van der Waals surface area (Å²) in [7, 11) is 0. The van der Waals surface area contributed by atoms with Gasteiger partial charge in [0.25, 0.3) is 0 Å². The zero-order chi connectivity index (χ0) is 16.8. The van der Waals surface area contributed by atoms with Gasteiger partial charge in [0.15, 0.2) is 0 Å². The first-order chi connectivity index (χ1) is 10.9. The maximum absolute atomic E-state index is 10.4. The van der Waals surface area contributed by atoms with Gasteiger partial charge in [-0.05, 0) is 48.1 Å². The van der Waals surface area contributed by atoms with Crippen molar-refractivity contribution < 1.29 is 20.1 Å². The van der Waals surface area contributed by atoms with Crippen molar-refractivity contribution in [2.45, 2.75) is 51.1 Å². The molecule has 4 N–H and O–H groups in total. The first kappa shape index (κ1) is 16.5. The summed E-state index contributed by atoms with van der Waals surface area (Å²) in [6.45, 7) is 5.56. The van der Waals surface area contributed by atoms with Crippen molar-refractivity contribution in [3.8, 4) is 0 Å². The summed E-state index contributed by atoms with van der Waals surface area (Å²) >= 11 is 0. The number of fused-ring (bicyclic) bond motifs is 1. The molecule has 1 fully saturated rings. The Hall–Kier alpha value is -1.40. The molecule has 0 saturated carbocycles. The van der Waals surface area contributed by atoms with Crippen molar-refractivity contribution in [2.75, 3.05) is 6.61 Å². The number of hydrogen-bond acceptors (Lipinski definition) is 4. The third kappa shape index (κ3) is 2.48. The highest BCUT2D eigenvalue weighted by molar-refractivity contribution is 5.81. The van der Waals surface area contributed by atoms with Gasteiger partial charge in [-0.25, -0.2) is 0 Å². The van der Waals surface area contributed by atoms with E-state index in [-0.39, 0.29) is 12.5 Å². The number of rotatable bonds is 3. The molecule has 5 heteroatoms. The number of benzene rings is 1. The fourth-order valence-electron chi connectivity index (χ4n) is 3.69. The molecule has 1 saturated heterocycles. The van der Waals surface area contributed by atoms with Crippen LogP contribution in [0.5, 0.6) is 0 Å². The predicted molar refractivity (Wildman–Crippen MR) is 88.2 cm³/mol. The van der Waals surface area contributed by atoms with Crippen LogP contribution in [0.25, 0.3) is 10.9 Å². The van der Waals surface area contributed by atoms with E-state index in [0.29, 0.717) is 0 Å². The number of aryl methyl sites for hydroxylation is 1. The molecule has 0 unspecified atom stereocenters. The molecule has 3 rings (SSSR count). The van der Waals surface area contributed by atoms with Gasteiger partial charge >= 0.3 is 0 Å². The Balaban J connectivity index is 2.14. The summed E-state index contributed by atoms with van der Waals surface area (Å²) in [5, 5.41) is 31.2. The van der Waals surface area contributed by atoms with Crippen LogP contribution < -0.4 is 0 Å². The Bertz CT molecular complexity index is 695. The molecule has 0 spiro atoms. The van der Waals surface area contributed by atoms with E-state index in [0.717, 1.165) is 28.5 Å². The van der Waals surface area contributed by atoms with Crippen LogP contribution >= 0.6 is 0 Å². The second-order valence-corrected chi connectivity index (χ2v) is 6.64. The van der Waals surface area contributed by atoms with Gasteiger partial charge in [0.2, 0.25) is 0 Å². The van der Waals surface area contributed by atoms with Crippen molar-refractivity contribution in [2.24, 2.45) is 5.92 Å². The van der Waals surface area contributed by atoms with E-state index in [4.69, 9.17) is 4.74 Å². The lowest BCUT2D eigenvalue weighted by atomic mass is 9.73. The highest BCUT2D eigenvalue weighted by Crippen LogP contribution is 2.44. The predicted octanol–water partition coefficient (Wildman–Crippen LogP) is 1.69. The minimum atomic E-state index is -1.08. The van der Waals surface area contributed by atoms with Crippen LogP contribution in [-0.4, -0.2) is 45.2 Å². The number of aliphatic hydroxyl groups excluding tert-OH is 3. The number of ether oxygens (including phenoxy) is 1. The minimum absolute atomic E-state index is 0.307. The Morgan fingerprint density at radius 3 is 2.65 bits per heavy atom. The summed E-state index contributed by atoms with van der Waals surface area (Å²) in [4.78, 5) is 3.21. The van der Waals surface area contributed by atoms with Crippen LogP contribution in [0.15, 0.2) is 24.4 Å². The first-order valence-corrected chi connectivity index (χ1v) is 8.17. The van der Waals surface area contributed by atoms with Crippen LogP contribution in [0.4, 0.5) is 0 Å². The summed E-state index contributed by atoms with van der Waals surface area (Å²) < 4.78 is 6.10. The third-order valence-corrected chi connectivity index (χ3v) is 5.38. The average Bonchev–Trinajstić information content (AvgIpc) is 3.02. The summed E-state index contributed by atoms with van der Waals surface area (Å²) in [6.07, 6.45) is -0.0892. The molecular formula is C18H25NO4. The van der Waals surface area contributed by atoms with Gasteiger partial charge in [-0.2, -0.15) is 0 Å². The van der Waals surface area contributed by atoms with Gasteiger partial charge in [-0.1, -0.05) is 13.8 Å². The zero-order valence-corrected chi connectivity index (χ0v) is 13.8. The molecule has 2 heterocycles. The van der Waals surface area contributed by atoms with Crippen LogP contribution in [0.1, 0.15) is 31.9 Å². The van der Waals surface area contributed by atoms with Gasteiger partial charge in [0, 0.05) is 17.6 Å². The topological polar surface area (TPSA) is 85.7 Å². The highest BCUT2D eigenvalue weighted by Gasteiger charge is 2.50. The van der Waals surface area contributed by atoms with E-state index in [1.807, 2.05) is 26.1 Å². The third-order valence-electron chi connectivity index (χ3n) is 5.38. The molecule has 1 aliphatic rings. The van der Waals surface area contributed by atoms with Gasteiger partial charge in [-0.15, -0.1) is 0 Å². The monoisotopic (exact) mass is 319 g/mol. The van der Waals surface area contributed by atoms with Crippen LogP contribution in [0, 0.1) is 5.92 Å². The number of hydrogen-bond donors (Lipinski definition) is 4. The summed E-state index contributed by atoms with van der Waals surface area (Å²) in [5.41, 5.74) is 2.37. The quantitative estimate of drug-likeness (QED) is 0.693. The van der Waals surface area contributed by atoms with Gasteiger partial charge in [0.1, 0.15) is 12.2 Å². The fourth-order valence-corrected chi connectivity index (χ4v) is 3.69. The summed E-state index contributed by atoms with van der Waals surface area (Å²) in [6, 6.07) is 6.22. The van der Waals surface area contributed by atoms with E-state index in [9.17, 15) is 15.3 Å². The van der Waals surface area contributed by atoms with E-state index < -0.39 is 23.9 Å². The Kier molecular flexibility index (Phi) is 4.23. The minimum Gasteiger partial charge on any atom is -0.394 e. The molecule has 1 aliphatic heterocycles. The lowest BCUT2D eigenvalue weighted by Crippen LogP contribution is -2.58. The molecule has 126 valence electrons. The van der Waals surface area contributed by atoms with Crippen LogP contribution in [0.2, 0.25) is 0 Å². The lowest BCUT2D eigenvalue weighted by Gasteiger charge is -2.49. The van der Waals surface area contributed by atoms with Crippen molar-refractivity contribution in [3.63, 3.8) is 0 Å². The van der Waals surface area contributed by atoms with Gasteiger partial charge < -0.3 is 25.0 Å². The Morgan fingerprint density at radius 2 is 2.00 bits per heavy atom. The zero-order valence-electron chi connectivity index (χ0n) is 13.8. The molecule has 0 aliphatic carbocycles. The molecule has 5 atom stereocenters. The van der Waals surface area contributed by atoms with E-state index in [1.54, 1.807) is 0 Å². The molecule has 1 aromatic heterocycles. The van der Waals surface area contributed by atoms with Crippen molar-refractivity contribution in [3.05, 3.63) is 35.5 Å². The number of aromatic amines is 1. The molecule has 1 aromatic carbocycles. The van der Waals surface area contributed by atoms with E-state index >= 15 is 0 Å². The Morgan fingerprint density at radius 1 is 1.26 bits per heavy atom. The maximum atomic E-state index is 10.4. The van der Waals surface area contributed by atoms with Crippen molar-refractivity contribution in [1.82, 2.24) is 4.98 Å². The highest BCUT2D eigenvalue weighted by atomic mass is 16.5. The van der Waals surface area contributed by atoms with Crippen molar-refractivity contribution in [1.29, 1.82) is 0 Å². The summed E-state index contributed by atoms with van der Waals surface area (Å²) in [5.74, 6) is -0.307.